The first-order valence-corrected chi connectivity index (χ1v) is 12.0. The summed E-state index contributed by atoms with van der Waals surface area (Å²) in [6.45, 7) is 3.73. The Hall–Kier alpha value is -2.77. The van der Waals surface area contributed by atoms with E-state index in [1.54, 1.807) is 14.2 Å². The smallest absolute Gasteiger partial charge is 0.326 e. The third kappa shape index (κ3) is 4.39. The maximum Gasteiger partial charge on any atom is 0.326 e. The van der Waals surface area contributed by atoms with E-state index < -0.39 is 0 Å². The van der Waals surface area contributed by atoms with E-state index in [1.165, 1.54) is 11.1 Å². The molecule has 2 aliphatic rings. The number of aryl methyl sites for hydroxylation is 1. The van der Waals surface area contributed by atoms with Crippen LogP contribution in [0, 0.1) is 0 Å². The van der Waals surface area contributed by atoms with Gasteiger partial charge >= 0.3 is 5.69 Å². The molecular formula is C26H33N3O4. The topological polar surface area (TPSA) is 68.7 Å². The van der Waals surface area contributed by atoms with E-state index in [0.717, 1.165) is 80.9 Å². The zero-order chi connectivity index (χ0) is 22.8. The molecule has 3 heterocycles. The second-order valence-electron chi connectivity index (χ2n) is 9.05. The van der Waals surface area contributed by atoms with Crippen LogP contribution >= 0.6 is 0 Å². The van der Waals surface area contributed by atoms with Crippen molar-refractivity contribution in [2.24, 2.45) is 0 Å². The van der Waals surface area contributed by atoms with Gasteiger partial charge in [0.2, 0.25) is 0 Å². The molecular weight excluding hydrogens is 418 g/mol. The maximum atomic E-state index is 12.6. The van der Waals surface area contributed by atoms with Crippen LogP contribution in [-0.2, 0) is 11.2 Å². The number of nitrogens with zero attached hydrogens (tertiary/aromatic N) is 2. The number of imidazole rings is 1. The second-order valence-corrected chi connectivity index (χ2v) is 9.05. The molecule has 0 bridgehead atoms. The number of para-hydroxylation sites is 2. The van der Waals surface area contributed by atoms with Crippen LogP contribution in [0.3, 0.4) is 0 Å². The summed E-state index contributed by atoms with van der Waals surface area (Å²) >= 11 is 0. The molecule has 176 valence electrons. The zero-order valence-electron chi connectivity index (χ0n) is 19.5. The van der Waals surface area contributed by atoms with Crippen molar-refractivity contribution in [2.75, 3.05) is 40.5 Å². The first-order valence-electron chi connectivity index (χ1n) is 12.0. The highest BCUT2D eigenvalue weighted by Crippen LogP contribution is 2.38. The fourth-order valence-corrected chi connectivity index (χ4v) is 5.41. The summed E-state index contributed by atoms with van der Waals surface area (Å²) in [6.07, 6.45) is 4.99. The fourth-order valence-electron chi connectivity index (χ4n) is 5.41. The van der Waals surface area contributed by atoms with E-state index >= 15 is 0 Å². The molecule has 0 spiro atoms. The van der Waals surface area contributed by atoms with Crippen molar-refractivity contribution < 1.29 is 14.2 Å². The summed E-state index contributed by atoms with van der Waals surface area (Å²) in [4.78, 5) is 18.1. The molecule has 1 unspecified atom stereocenters. The lowest BCUT2D eigenvalue weighted by Crippen LogP contribution is -2.37. The van der Waals surface area contributed by atoms with E-state index in [2.05, 4.69) is 22.0 Å². The number of nitrogens with one attached hydrogen (secondary N) is 1. The van der Waals surface area contributed by atoms with Crippen LogP contribution in [0.25, 0.3) is 11.0 Å². The van der Waals surface area contributed by atoms with Gasteiger partial charge < -0.3 is 24.1 Å². The molecule has 1 atom stereocenters. The lowest BCUT2D eigenvalue weighted by Gasteiger charge is -2.33. The Balaban J connectivity index is 1.24. The van der Waals surface area contributed by atoms with Crippen molar-refractivity contribution in [3.63, 3.8) is 0 Å². The van der Waals surface area contributed by atoms with Crippen molar-refractivity contribution in [3.8, 4) is 11.5 Å². The number of hydrogen-bond donors (Lipinski definition) is 1. The highest BCUT2D eigenvalue weighted by molar-refractivity contribution is 5.75. The average molecular weight is 452 g/mol. The molecule has 7 nitrogen and oxygen atoms in total. The van der Waals surface area contributed by atoms with Gasteiger partial charge in [-0.05, 0) is 67.5 Å². The largest absolute Gasteiger partial charge is 0.493 e. The molecule has 5 rings (SSSR count). The van der Waals surface area contributed by atoms with Crippen molar-refractivity contribution in [1.29, 1.82) is 0 Å². The highest BCUT2D eigenvalue weighted by Gasteiger charge is 2.26. The number of fused-ring (bicyclic) bond motifs is 2. The summed E-state index contributed by atoms with van der Waals surface area (Å²) in [7, 11) is 3.36. The van der Waals surface area contributed by atoms with Crippen LogP contribution in [0.15, 0.2) is 41.2 Å². The quantitative estimate of drug-likeness (QED) is 0.612. The molecule has 1 aromatic heterocycles. The Labute approximate surface area is 194 Å². The predicted octanol–water partition coefficient (Wildman–Crippen LogP) is 4.08. The van der Waals surface area contributed by atoms with E-state index in [9.17, 15) is 4.79 Å². The molecule has 0 radical (unpaired) electrons. The number of aromatic nitrogens is 2. The van der Waals surface area contributed by atoms with E-state index in [1.807, 2.05) is 28.8 Å². The molecule has 1 saturated heterocycles. The standard InChI is InChI=1S/C26H33N3O4/c1-31-24-16-18-6-5-15-33-23(20(18)17-25(24)32-2)11-14-28-12-9-19(10-13-28)29-22-8-4-3-7-21(22)27-26(29)30/h3-4,7-8,16-17,19,23H,5-6,9-15H2,1-2H3,(H,27,30). The van der Waals surface area contributed by atoms with Crippen LogP contribution in [-0.4, -0.2) is 54.9 Å². The van der Waals surface area contributed by atoms with Crippen molar-refractivity contribution in [3.05, 3.63) is 58.0 Å². The maximum absolute atomic E-state index is 12.6. The second kappa shape index (κ2) is 9.61. The number of aromatic amines is 1. The lowest BCUT2D eigenvalue weighted by molar-refractivity contribution is 0.0394. The third-order valence-electron chi connectivity index (χ3n) is 7.16. The molecule has 3 aromatic rings. The Morgan fingerprint density at radius 1 is 1.09 bits per heavy atom. The normalized spacial score (nSPS) is 19.9. The van der Waals surface area contributed by atoms with Crippen LogP contribution in [0.4, 0.5) is 0 Å². The van der Waals surface area contributed by atoms with E-state index in [4.69, 9.17) is 14.2 Å². The van der Waals surface area contributed by atoms with Gasteiger partial charge in [0.05, 0.1) is 31.4 Å². The van der Waals surface area contributed by atoms with Crippen molar-refractivity contribution >= 4 is 11.0 Å². The molecule has 0 saturated carbocycles. The molecule has 2 aliphatic heterocycles. The van der Waals surface area contributed by atoms with Crippen LogP contribution in [0.2, 0.25) is 0 Å². The van der Waals surface area contributed by atoms with Crippen molar-refractivity contribution in [1.82, 2.24) is 14.5 Å². The van der Waals surface area contributed by atoms with Crippen LogP contribution in [0.1, 0.15) is 49.0 Å². The van der Waals surface area contributed by atoms with E-state index in [-0.39, 0.29) is 17.8 Å². The third-order valence-corrected chi connectivity index (χ3v) is 7.16. The highest BCUT2D eigenvalue weighted by atomic mass is 16.5. The van der Waals surface area contributed by atoms with Crippen molar-refractivity contribution in [2.45, 2.75) is 44.2 Å². The predicted molar refractivity (Wildman–Crippen MR) is 128 cm³/mol. The molecule has 0 amide bonds. The van der Waals surface area contributed by atoms with Gasteiger partial charge in [-0.2, -0.15) is 0 Å². The summed E-state index contributed by atoms with van der Waals surface area (Å²) < 4.78 is 19.3. The Kier molecular flexibility index (Phi) is 6.42. The first kappa shape index (κ1) is 22.0. The van der Waals surface area contributed by atoms with Gasteiger partial charge in [0.25, 0.3) is 0 Å². The molecule has 33 heavy (non-hydrogen) atoms. The summed E-state index contributed by atoms with van der Waals surface area (Å²) in [5, 5.41) is 0. The number of likely N-dealkylation sites (tertiary alicyclic amines) is 1. The number of benzene rings is 2. The SMILES string of the molecule is COc1cc2c(cc1OC)C(CCN1CCC(n3c(=O)[nH]c4ccccc43)CC1)OCCC2. The van der Waals surface area contributed by atoms with Gasteiger partial charge in [-0.1, -0.05) is 12.1 Å². The number of ether oxygens (including phenoxy) is 3. The molecule has 0 aliphatic carbocycles. The molecule has 2 aromatic carbocycles. The monoisotopic (exact) mass is 451 g/mol. The Morgan fingerprint density at radius 3 is 2.64 bits per heavy atom. The molecule has 1 fully saturated rings. The Morgan fingerprint density at radius 2 is 1.85 bits per heavy atom. The minimum Gasteiger partial charge on any atom is -0.493 e. The Bertz CT molecular complexity index is 1160. The average Bonchev–Trinajstić information content (AvgIpc) is 3.05. The van der Waals surface area contributed by atoms with Gasteiger partial charge in [0.15, 0.2) is 11.5 Å². The van der Waals surface area contributed by atoms with Gasteiger partial charge in [-0.25, -0.2) is 4.79 Å². The summed E-state index contributed by atoms with van der Waals surface area (Å²) in [5.41, 5.74) is 4.45. The first-order chi connectivity index (χ1) is 16.2. The number of H-pyrrole nitrogens is 1. The van der Waals surface area contributed by atoms with E-state index in [0.29, 0.717) is 0 Å². The number of rotatable bonds is 6. The minimum absolute atomic E-state index is 0.00230. The van der Waals surface area contributed by atoms with Gasteiger partial charge in [-0.3, -0.25) is 4.57 Å². The lowest BCUT2D eigenvalue weighted by atomic mass is 9.96. The number of hydrogen-bond acceptors (Lipinski definition) is 5. The fraction of sp³-hybridized carbons (Fsp3) is 0.500. The molecule has 1 N–H and O–H groups in total. The van der Waals surface area contributed by atoms with Crippen LogP contribution in [0.5, 0.6) is 11.5 Å². The number of methoxy groups -OCH3 is 2. The minimum atomic E-state index is 0.00230. The molecule has 7 heteroatoms. The summed E-state index contributed by atoms with van der Waals surface area (Å²) in [5.74, 6) is 1.54. The van der Waals surface area contributed by atoms with Gasteiger partial charge in [0, 0.05) is 32.3 Å². The number of piperidine rings is 1. The van der Waals surface area contributed by atoms with Gasteiger partial charge in [-0.15, -0.1) is 0 Å². The summed E-state index contributed by atoms with van der Waals surface area (Å²) in [6, 6.07) is 12.4. The van der Waals surface area contributed by atoms with Crippen LogP contribution < -0.4 is 15.2 Å². The van der Waals surface area contributed by atoms with Gasteiger partial charge in [0.1, 0.15) is 0 Å². The zero-order valence-corrected chi connectivity index (χ0v) is 19.5.